The summed E-state index contributed by atoms with van der Waals surface area (Å²) in [5, 5.41) is 12.5. The van der Waals surface area contributed by atoms with Crippen LogP contribution in [0.1, 0.15) is 24.8 Å². The average Bonchev–Trinajstić information content (AvgIpc) is 2.42. The molecule has 0 amide bonds. The van der Waals surface area contributed by atoms with Crippen molar-refractivity contribution in [3.8, 4) is 11.9 Å². The van der Waals surface area contributed by atoms with Gasteiger partial charge in [0, 0.05) is 6.20 Å². The minimum Gasteiger partial charge on any atom is -0.477 e. The van der Waals surface area contributed by atoms with E-state index < -0.39 is 0 Å². The molecule has 18 heavy (non-hydrogen) atoms. The van der Waals surface area contributed by atoms with Gasteiger partial charge in [-0.1, -0.05) is 11.6 Å². The molecular formula is C13H16ClN3O. The Balaban J connectivity index is 1.84. The van der Waals surface area contributed by atoms with E-state index in [0.29, 0.717) is 29.0 Å². The smallest absolute Gasteiger partial charge is 0.233 e. The molecule has 1 N–H and O–H groups in total. The van der Waals surface area contributed by atoms with Gasteiger partial charge in [0.05, 0.1) is 12.2 Å². The van der Waals surface area contributed by atoms with Gasteiger partial charge in [-0.15, -0.1) is 0 Å². The fourth-order valence-electron chi connectivity index (χ4n) is 2.10. The van der Waals surface area contributed by atoms with Crippen molar-refractivity contribution < 1.29 is 4.74 Å². The lowest BCUT2D eigenvalue weighted by Crippen LogP contribution is -2.30. The van der Waals surface area contributed by atoms with Crippen LogP contribution in [0.4, 0.5) is 0 Å². The molecule has 1 aliphatic heterocycles. The maximum atomic E-state index is 8.85. The summed E-state index contributed by atoms with van der Waals surface area (Å²) in [6.45, 7) is 2.77. The zero-order valence-corrected chi connectivity index (χ0v) is 10.9. The second-order valence-electron chi connectivity index (χ2n) is 4.44. The number of nitrogens with one attached hydrogen (secondary N) is 1. The Morgan fingerprint density at radius 1 is 1.61 bits per heavy atom. The van der Waals surface area contributed by atoms with Gasteiger partial charge in [0.2, 0.25) is 5.88 Å². The molecule has 2 rings (SSSR count). The number of hydrogen-bond donors (Lipinski definition) is 1. The Hall–Kier alpha value is -1.31. The average molecular weight is 266 g/mol. The maximum Gasteiger partial charge on any atom is 0.233 e. The number of hydrogen-bond acceptors (Lipinski definition) is 4. The lowest BCUT2D eigenvalue weighted by Gasteiger charge is -2.22. The lowest BCUT2D eigenvalue weighted by atomic mass is 9.97. The quantitative estimate of drug-likeness (QED) is 0.908. The zero-order valence-electron chi connectivity index (χ0n) is 10.2. The van der Waals surface area contributed by atoms with Crippen LogP contribution in [0.3, 0.4) is 0 Å². The van der Waals surface area contributed by atoms with E-state index in [1.807, 2.05) is 6.07 Å². The van der Waals surface area contributed by atoms with Gasteiger partial charge in [0.15, 0.2) is 0 Å². The largest absolute Gasteiger partial charge is 0.477 e. The molecule has 2 heterocycles. The molecule has 5 heteroatoms. The topological polar surface area (TPSA) is 57.9 Å². The van der Waals surface area contributed by atoms with E-state index in [-0.39, 0.29) is 0 Å². The molecule has 0 bridgehead atoms. The van der Waals surface area contributed by atoms with Gasteiger partial charge in [0.25, 0.3) is 0 Å². The van der Waals surface area contributed by atoms with E-state index in [1.54, 1.807) is 12.3 Å². The fourth-order valence-corrected chi connectivity index (χ4v) is 2.31. The van der Waals surface area contributed by atoms with Crippen LogP contribution >= 0.6 is 11.6 Å². The van der Waals surface area contributed by atoms with Crippen molar-refractivity contribution in [1.82, 2.24) is 10.3 Å². The maximum absolute atomic E-state index is 8.85. The van der Waals surface area contributed by atoms with E-state index >= 15 is 0 Å². The van der Waals surface area contributed by atoms with Gasteiger partial charge in [-0.3, -0.25) is 0 Å². The van der Waals surface area contributed by atoms with Crippen LogP contribution in [-0.2, 0) is 0 Å². The minimum atomic E-state index is 0.307. The standard InChI is InChI=1S/C13H16ClN3O/c14-12-11(8-15)3-6-17-13(12)18-7-4-10-2-1-5-16-9-10/h3,6,10,16H,1-2,4-5,7,9H2. The van der Waals surface area contributed by atoms with E-state index in [2.05, 4.69) is 10.3 Å². The monoisotopic (exact) mass is 265 g/mol. The summed E-state index contributed by atoms with van der Waals surface area (Å²) in [6.07, 6.45) is 5.01. The van der Waals surface area contributed by atoms with Crippen molar-refractivity contribution in [3.05, 3.63) is 22.8 Å². The van der Waals surface area contributed by atoms with Crippen LogP contribution < -0.4 is 10.1 Å². The molecular weight excluding hydrogens is 250 g/mol. The second-order valence-corrected chi connectivity index (χ2v) is 4.82. The molecule has 1 fully saturated rings. The first-order chi connectivity index (χ1) is 8.81. The number of rotatable bonds is 4. The molecule has 1 aromatic heterocycles. The number of ether oxygens (including phenoxy) is 1. The van der Waals surface area contributed by atoms with Crippen molar-refractivity contribution in [2.24, 2.45) is 5.92 Å². The van der Waals surface area contributed by atoms with Crippen molar-refractivity contribution in [2.75, 3.05) is 19.7 Å². The van der Waals surface area contributed by atoms with Crippen molar-refractivity contribution >= 4 is 11.6 Å². The van der Waals surface area contributed by atoms with Gasteiger partial charge >= 0.3 is 0 Å². The first-order valence-electron chi connectivity index (χ1n) is 6.19. The highest BCUT2D eigenvalue weighted by Gasteiger charge is 2.14. The van der Waals surface area contributed by atoms with E-state index in [9.17, 15) is 0 Å². The van der Waals surface area contributed by atoms with Crippen LogP contribution in [0.15, 0.2) is 12.3 Å². The number of nitriles is 1. The van der Waals surface area contributed by atoms with Crippen molar-refractivity contribution in [2.45, 2.75) is 19.3 Å². The minimum absolute atomic E-state index is 0.307. The number of pyridine rings is 1. The summed E-state index contributed by atoms with van der Waals surface area (Å²) in [5.74, 6) is 1.02. The first kappa shape index (κ1) is 13.1. The third-order valence-corrected chi connectivity index (χ3v) is 3.51. The first-order valence-corrected chi connectivity index (χ1v) is 6.57. The Morgan fingerprint density at radius 3 is 3.22 bits per heavy atom. The number of piperidine rings is 1. The Kier molecular flexibility index (Phi) is 4.80. The molecule has 4 nitrogen and oxygen atoms in total. The van der Waals surface area contributed by atoms with Crippen molar-refractivity contribution in [1.29, 1.82) is 5.26 Å². The molecule has 0 radical (unpaired) electrons. The summed E-state index contributed by atoms with van der Waals surface area (Å²) >= 11 is 6.01. The SMILES string of the molecule is N#Cc1ccnc(OCCC2CCCNC2)c1Cl. The molecule has 1 aliphatic rings. The molecule has 0 spiro atoms. The van der Waals surface area contributed by atoms with Crippen LogP contribution in [0, 0.1) is 17.2 Å². The molecule has 1 aromatic rings. The van der Waals surface area contributed by atoms with Crippen LogP contribution in [-0.4, -0.2) is 24.7 Å². The van der Waals surface area contributed by atoms with E-state index in [4.69, 9.17) is 21.6 Å². The number of aromatic nitrogens is 1. The van der Waals surface area contributed by atoms with E-state index in [0.717, 1.165) is 19.5 Å². The highest BCUT2D eigenvalue weighted by molar-refractivity contribution is 6.32. The second kappa shape index (κ2) is 6.58. The third kappa shape index (κ3) is 3.34. The molecule has 1 unspecified atom stereocenters. The number of halogens is 1. The Labute approximate surface area is 112 Å². The lowest BCUT2D eigenvalue weighted by molar-refractivity contribution is 0.247. The van der Waals surface area contributed by atoms with Gasteiger partial charge in [-0.2, -0.15) is 5.26 Å². The fraction of sp³-hybridized carbons (Fsp3) is 0.538. The van der Waals surface area contributed by atoms with Crippen LogP contribution in [0.25, 0.3) is 0 Å². The molecule has 0 aromatic carbocycles. The third-order valence-electron chi connectivity index (χ3n) is 3.14. The summed E-state index contributed by atoms with van der Waals surface area (Å²) in [7, 11) is 0. The van der Waals surface area contributed by atoms with Gasteiger partial charge in [-0.05, 0) is 44.3 Å². The molecule has 0 saturated carbocycles. The summed E-state index contributed by atoms with van der Waals surface area (Å²) in [6, 6.07) is 3.60. The van der Waals surface area contributed by atoms with Gasteiger partial charge in [0.1, 0.15) is 11.1 Å². The molecule has 1 saturated heterocycles. The summed E-state index contributed by atoms with van der Waals surface area (Å²) in [4.78, 5) is 4.05. The summed E-state index contributed by atoms with van der Waals surface area (Å²) < 4.78 is 5.56. The molecule has 96 valence electrons. The van der Waals surface area contributed by atoms with Crippen LogP contribution in [0.2, 0.25) is 5.02 Å². The van der Waals surface area contributed by atoms with E-state index in [1.165, 1.54) is 12.8 Å². The predicted molar refractivity (Wildman–Crippen MR) is 69.7 cm³/mol. The highest BCUT2D eigenvalue weighted by Crippen LogP contribution is 2.25. The normalized spacial score (nSPS) is 19.2. The summed E-state index contributed by atoms with van der Waals surface area (Å²) in [5.41, 5.74) is 0.404. The highest BCUT2D eigenvalue weighted by atomic mass is 35.5. The molecule has 0 aliphatic carbocycles. The predicted octanol–water partition coefficient (Wildman–Crippen LogP) is 2.38. The molecule has 1 atom stereocenters. The van der Waals surface area contributed by atoms with Crippen LogP contribution in [0.5, 0.6) is 5.88 Å². The Morgan fingerprint density at radius 2 is 2.50 bits per heavy atom. The zero-order chi connectivity index (χ0) is 12.8. The van der Waals surface area contributed by atoms with Gasteiger partial charge in [-0.25, -0.2) is 4.98 Å². The van der Waals surface area contributed by atoms with Crippen molar-refractivity contribution in [3.63, 3.8) is 0 Å². The number of nitrogens with zero attached hydrogens (tertiary/aromatic N) is 2. The Bertz CT molecular complexity index is 438. The van der Waals surface area contributed by atoms with Gasteiger partial charge < -0.3 is 10.1 Å².